The van der Waals surface area contributed by atoms with E-state index in [4.69, 9.17) is 14.5 Å². The first kappa shape index (κ1) is 36.3. The minimum Gasteiger partial charge on any atom is -0.462 e. The summed E-state index contributed by atoms with van der Waals surface area (Å²) in [6.45, 7) is 10.5. The number of urea groups is 1. The molecule has 0 spiro atoms. The molecule has 13 nitrogen and oxygen atoms in total. The van der Waals surface area contributed by atoms with Crippen molar-refractivity contribution in [1.29, 1.82) is 0 Å². The maximum atomic E-state index is 13.9. The Morgan fingerprint density at radius 2 is 1.84 bits per heavy atom. The topological polar surface area (TPSA) is 144 Å². The maximum absolute atomic E-state index is 13.9. The number of pyridine rings is 3. The van der Waals surface area contributed by atoms with Crippen LogP contribution in [0.1, 0.15) is 48.8 Å². The lowest BCUT2D eigenvalue weighted by atomic mass is 10.0. The van der Waals surface area contributed by atoms with Gasteiger partial charge in [0.1, 0.15) is 22.0 Å². The van der Waals surface area contributed by atoms with Crippen LogP contribution in [0.5, 0.6) is 0 Å². The SMILES string of the molecule is CCNC(=O)Nc1cc(-c2nc(C(F)(F)F)cs2)c(-c2cnc3c(c2)c(=O)c(C(=O)OCC)cn3[C@@H]2CCCN(CCN3CCOCC3)C2)cn1. The zero-order valence-electron chi connectivity index (χ0n) is 28.3. The van der Waals surface area contributed by atoms with Gasteiger partial charge in [0.15, 0.2) is 5.69 Å². The molecule has 2 saturated heterocycles. The van der Waals surface area contributed by atoms with Gasteiger partial charge in [-0.15, -0.1) is 11.3 Å². The summed E-state index contributed by atoms with van der Waals surface area (Å²) in [4.78, 5) is 56.9. The Hall–Kier alpha value is -4.45. The van der Waals surface area contributed by atoms with Gasteiger partial charge in [-0.2, -0.15) is 13.2 Å². The second-order valence-corrected chi connectivity index (χ2v) is 13.1. The molecule has 6 rings (SSSR count). The van der Waals surface area contributed by atoms with Crippen LogP contribution in [-0.2, 0) is 15.7 Å². The third-order valence-corrected chi connectivity index (χ3v) is 9.77. The number of piperidine rings is 1. The number of hydrogen-bond donors (Lipinski definition) is 2. The number of fused-ring (bicyclic) bond motifs is 1. The highest BCUT2D eigenvalue weighted by Gasteiger charge is 2.34. The number of alkyl halides is 3. The van der Waals surface area contributed by atoms with Crippen molar-refractivity contribution in [3.8, 4) is 21.7 Å². The molecule has 272 valence electrons. The first-order valence-corrected chi connectivity index (χ1v) is 17.8. The number of morpholine rings is 1. The van der Waals surface area contributed by atoms with E-state index >= 15 is 0 Å². The van der Waals surface area contributed by atoms with E-state index in [1.165, 1.54) is 24.7 Å². The van der Waals surface area contributed by atoms with Crippen molar-refractivity contribution in [2.45, 2.75) is 38.9 Å². The molecule has 0 aliphatic carbocycles. The Morgan fingerprint density at radius 1 is 1.06 bits per heavy atom. The Kier molecular flexibility index (Phi) is 11.3. The molecule has 2 N–H and O–H groups in total. The summed E-state index contributed by atoms with van der Waals surface area (Å²) in [5.74, 6) is -0.672. The first-order valence-electron chi connectivity index (χ1n) is 16.9. The summed E-state index contributed by atoms with van der Waals surface area (Å²) < 4.78 is 53.3. The average Bonchev–Trinajstić information content (AvgIpc) is 3.63. The highest BCUT2D eigenvalue weighted by molar-refractivity contribution is 7.13. The summed E-state index contributed by atoms with van der Waals surface area (Å²) in [5, 5.41) is 6.24. The number of ether oxygens (including phenoxy) is 2. The van der Waals surface area contributed by atoms with Crippen LogP contribution in [0.3, 0.4) is 0 Å². The van der Waals surface area contributed by atoms with Gasteiger partial charge in [-0.25, -0.2) is 24.5 Å². The molecule has 4 aromatic rings. The van der Waals surface area contributed by atoms with Gasteiger partial charge in [-0.05, 0) is 45.4 Å². The Bertz CT molecular complexity index is 1950. The predicted octanol–water partition coefficient (Wildman–Crippen LogP) is 4.89. The maximum Gasteiger partial charge on any atom is 0.434 e. The van der Waals surface area contributed by atoms with E-state index in [1.54, 1.807) is 19.9 Å². The molecule has 2 aliphatic rings. The van der Waals surface area contributed by atoms with E-state index in [1.807, 2.05) is 4.57 Å². The van der Waals surface area contributed by atoms with Crippen LogP contribution >= 0.6 is 11.3 Å². The number of anilines is 1. The van der Waals surface area contributed by atoms with Gasteiger partial charge >= 0.3 is 18.2 Å². The lowest BCUT2D eigenvalue weighted by Crippen LogP contribution is -2.44. The zero-order valence-corrected chi connectivity index (χ0v) is 29.1. The third-order valence-electron chi connectivity index (χ3n) is 8.89. The molecular formula is C34H39F3N8O5S. The molecule has 1 atom stereocenters. The van der Waals surface area contributed by atoms with Crippen molar-refractivity contribution in [3.05, 3.63) is 57.6 Å². The lowest BCUT2D eigenvalue weighted by molar-refractivity contribution is -0.140. The van der Waals surface area contributed by atoms with Gasteiger partial charge in [0, 0.05) is 86.0 Å². The molecule has 2 amide bonds. The van der Waals surface area contributed by atoms with E-state index in [9.17, 15) is 27.6 Å². The number of esters is 1. The number of carbonyl (C=O) groups is 2. The van der Waals surface area contributed by atoms with Crippen molar-refractivity contribution in [3.63, 3.8) is 0 Å². The number of aromatic nitrogens is 4. The van der Waals surface area contributed by atoms with E-state index in [0.29, 0.717) is 29.9 Å². The predicted molar refractivity (Wildman–Crippen MR) is 186 cm³/mol. The monoisotopic (exact) mass is 728 g/mol. The second kappa shape index (κ2) is 15.8. The number of nitrogens with zero attached hydrogens (tertiary/aromatic N) is 6. The van der Waals surface area contributed by atoms with Crippen molar-refractivity contribution in [1.82, 2.24) is 34.6 Å². The largest absolute Gasteiger partial charge is 0.462 e. The molecule has 2 aliphatic heterocycles. The summed E-state index contributed by atoms with van der Waals surface area (Å²) in [6, 6.07) is 2.36. The molecule has 17 heteroatoms. The molecule has 0 bridgehead atoms. The normalized spacial score (nSPS) is 17.4. The van der Waals surface area contributed by atoms with Gasteiger partial charge in [0.25, 0.3) is 0 Å². The number of thiazole rings is 1. The van der Waals surface area contributed by atoms with E-state index in [0.717, 1.165) is 75.5 Å². The quantitative estimate of drug-likeness (QED) is 0.217. The number of likely N-dealkylation sites (tertiary alicyclic amines) is 1. The smallest absolute Gasteiger partial charge is 0.434 e. The number of carbonyl (C=O) groups excluding carboxylic acids is 2. The zero-order chi connectivity index (χ0) is 36.1. The van der Waals surface area contributed by atoms with Crippen LogP contribution in [0.4, 0.5) is 23.8 Å². The number of halogens is 3. The number of amides is 2. The fraction of sp³-hybridized carbons (Fsp3) is 0.471. The first-order chi connectivity index (χ1) is 24.5. The van der Waals surface area contributed by atoms with Crippen LogP contribution in [0.15, 0.2) is 40.9 Å². The fourth-order valence-electron chi connectivity index (χ4n) is 6.36. The van der Waals surface area contributed by atoms with Gasteiger partial charge < -0.3 is 24.3 Å². The van der Waals surface area contributed by atoms with Crippen LogP contribution in [0.2, 0.25) is 0 Å². The van der Waals surface area contributed by atoms with E-state index in [-0.39, 0.29) is 40.0 Å². The van der Waals surface area contributed by atoms with Crippen molar-refractivity contribution < 1.29 is 32.2 Å². The summed E-state index contributed by atoms with van der Waals surface area (Å²) in [6.07, 6.45) is 1.49. The standard InChI is InChI=1S/C34H39F3N8O5S/c1-3-38-33(48)42-28-15-23(31-41-27(20-51-31)34(35,36)37)25(17-39-28)21-14-24-29(46)26(32(47)50-4-2)19-45(30(24)40-16-21)22-6-5-7-44(18-22)9-8-43-10-12-49-13-11-43/h14-17,19-20,22H,3-13,18H2,1-2H3,(H2,38,39,42,48)/t22-/m1/s1. The van der Waals surface area contributed by atoms with Gasteiger partial charge in [-0.1, -0.05) is 0 Å². The Balaban J connectivity index is 1.41. The average molecular weight is 729 g/mol. The van der Waals surface area contributed by atoms with Crippen molar-refractivity contribution in [2.75, 3.05) is 71.0 Å². The van der Waals surface area contributed by atoms with Crippen LogP contribution in [0.25, 0.3) is 32.7 Å². The Morgan fingerprint density at radius 3 is 2.57 bits per heavy atom. The number of hydrogen-bond acceptors (Lipinski definition) is 11. The highest BCUT2D eigenvalue weighted by atomic mass is 32.1. The fourth-order valence-corrected chi connectivity index (χ4v) is 7.22. The van der Waals surface area contributed by atoms with Gasteiger partial charge in [-0.3, -0.25) is 15.0 Å². The van der Waals surface area contributed by atoms with Crippen molar-refractivity contribution in [2.24, 2.45) is 0 Å². The third kappa shape index (κ3) is 8.38. The molecule has 2 fully saturated rings. The second-order valence-electron chi connectivity index (χ2n) is 12.3. The van der Waals surface area contributed by atoms with Crippen LogP contribution in [-0.4, -0.2) is 107 Å². The summed E-state index contributed by atoms with van der Waals surface area (Å²) >= 11 is 0.781. The number of nitrogens with one attached hydrogen (secondary N) is 2. The molecule has 0 saturated carbocycles. The molecule has 6 heterocycles. The lowest BCUT2D eigenvalue weighted by Gasteiger charge is -2.36. The molecular weight excluding hydrogens is 689 g/mol. The minimum absolute atomic E-state index is 0.0239. The van der Waals surface area contributed by atoms with Crippen LogP contribution in [0, 0.1) is 0 Å². The molecule has 0 aromatic carbocycles. The van der Waals surface area contributed by atoms with Gasteiger partial charge in [0.05, 0.1) is 25.2 Å². The number of rotatable bonds is 10. The molecule has 4 aromatic heterocycles. The van der Waals surface area contributed by atoms with Crippen molar-refractivity contribution >= 4 is 40.2 Å². The molecule has 0 radical (unpaired) electrons. The molecule has 51 heavy (non-hydrogen) atoms. The van der Waals surface area contributed by atoms with E-state index in [2.05, 4.69) is 30.4 Å². The molecule has 0 unspecified atom stereocenters. The summed E-state index contributed by atoms with van der Waals surface area (Å²) in [7, 11) is 0. The highest BCUT2D eigenvalue weighted by Crippen LogP contribution is 2.39. The van der Waals surface area contributed by atoms with Gasteiger partial charge in [0.2, 0.25) is 5.43 Å². The summed E-state index contributed by atoms with van der Waals surface area (Å²) in [5.41, 5.74) is -0.478. The minimum atomic E-state index is -4.67. The van der Waals surface area contributed by atoms with E-state index < -0.39 is 29.3 Å². The van der Waals surface area contributed by atoms with Crippen LogP contribution < -0.4 is 16.1 Å². The Labute approximate surface area is 295 Å².